The lowest BCUT2D eigenvalue weighted by atomic mass is 9.97. The number of carboxylic acids is 1. The van der Waals surface area contributed by atoms with Gasteiger partial charge in [-0.3, -0.25) is 0 Å². The number of urea groups is 1. The smallest absolute Gasteiger partial charge is 0.329 e. The van der Waals surface area contributed by atoms with Crippen molar-refractivity contribution in [2.75, 3.05) is 19.7 Å². The van der Waals surface area contributed by atoms with Gasteiger partial charge >= 0.3 is 12.0 Å². The molecule has 2 rings (SSSR count). The largest absolute Gasteiger partial charge is 0.480 e. The highest BCUT2D eigenvalue weighted by atomic mass is 35.5. The third kappa shape index (κ3) is 4.09. The minimum Gasteiger partial charge on any atom is -0.480 e. The maximum atomic E-state index is 12.1. The molecule has 1 aliphatic heterocycles. The standard InChI is InChI=1S/C13H17ClN2O4S/c1-8(9-3-4-10(14)21-9)15-12(19)16-6-13(2,7-16)20-5-11(17)18/h3-4,8H,5-7H2,1-2H3,(H,15,19)(H,17,18). The molecule has 0 aromatic carbocycles. The van der Waals surface area contributed by atoms with E-state index in [1.165, 1.54) is 11.3 Å². The van der Waals surface area contributed by atoms with Gasteiger partial charge in [0.15, 0.2) is 0 Å². The van der Waals surface area contributed by atoms with Crippen molar-refractivity contribution in [3.63, 3.8) is 0 Å². The number of nitrogens with one attached hydrogen (secondary N) is 1. The highest BCUT2D eigenvalue weighted by Gasteiger charge is 2.43. The van der Waals surface area contributed by atoms with Crippen LogP contribution in [0.5, 0.6) is 0 Å². The van der Waals surface area contributed by atoms with E-state index in [-0.39, 0.29) is 18.7 Å². The van der Waals surface area contributed by atoms with E-state index < -0.39 is 11.6 Å². The van der Waals surface area contributed by atoms with E-state index in [0.717, 1.165) is 4.88 Å². The maximum absolute atomic E-state index is 12.1. The Morgan fingerprint density at radius 2 is 2.24 bits per heavy atom. The molecule has 2 amide bonds. The summed E-state index contributed by atoms with van der Waals surface area (Å²) in [6.07, 6.45) is 0. The Morgan fingerprint density at radius 1 is 1.57 bits per heavy atom. The molecule has 0 radical (unpaired) electrons. The number of likely N-dealkylation sites (tertiary alicyclic amines) is 1. The fourth-order valence-corrected chi connectivity index (χ4v) is 3.20. The van der Waals surface area contributed by atoms with Crippen LogP contribution < -0.4 is 5.32 Å². The number of carbonyl (C=O) groups is 2. The highest BCUT2D eigenvalue weighted by Crippen LogP contribution is 2.28. The number of rotatable bonds is 5. The lowest BCUT2D eigenvalue weighted by Crippen LogP contribution is -2.65. The normalized spacial score (nSPS) is 18.0. The van der Waals surface area contributed by atoms with Crippen LogP contribution >= 0.6 is 22.9 Å². The lowest BCUT2D eigenvalue weighted by molar-refractivity contribution is -0.159. The number of carboxylic acid groups (broad SMARTS) is 1. The first-order chi connectivity index (χ1) is 9.79. The number of hydrogen-bond acceptors (Lipinski definition) is 4. The van der Waals surface area contributed by atoms with Crippen molar-refractivity contribution in [1.29, 1.82) is 0 Å². The molecule has 0 bridgehead atoms. The number of ether oxygens (including phenoxy) is 1. The molecule has 1 atom stereocenters. The Labute approximate surface area is 131 Å². The van der Waals surface area contributed by atoms with E-state index in [0.29, 0.717) is 17.4 Å². The van der Waals surface area contributed by atoms with E-state index in [2.05, 4.69) is 5.32 Å². The summed E-state index contributed by atoms with van der Waals surface area (Å²) in [5.74, 6) is -1.01. The molecule has 2 heterocycles. The van der Waals surface area contributed by atoms with Gasteiger partial charge in [0, 0.05) is 4.88 Å². The topological polar surface area (TPSA) is 78.9 Å². The summed E-state index contributed by atoms with van der Waals surface area (Å²) < 4.78 is 5.95. The first-order valence-corrected chi connectivity index (χ1v) is 7.65. The highest BCUT2D eigenvalue weighted by molar-refractivity contribution is 7.16. The Hall–Kier alpha value is -1.31. The molecule has 1 aromatic heterocycles. The van der Waals surface area contributed by atoms with E-state index >= 15 is 0 Å². The van der Waals surface area contributed by atoms with Gasteiger partial charge in [0.1, 0.15) is 12.2 Å². The Bertz CT molecular complexity index is 542. The van der Waals surface area contributed by atoms with Crippen molar-refractivity contribution in [1.82, 2.24) is 10.2 Å². The molecule has 116 valence electrons. The zero-order valence-corrected chi connectivity index (χ0v) is 13.3. The molecule has 6 nitrogen and oxygen atoms in total. The molecule has 21 heavy (non-hydrogen) atoms. The van der Waals surface area contributed by atoms with Crippen LogP contribution in [0.15, 0.2) is 12.1 Å². The number of halogens is 1. The van der Waals surface area contributed by atoms with Gasteiger partial charge in [-0.15, -0.1) is 11.3 Å². The summed E-state index contributed by atoms with van der Waals surface area (Å²) in [5.41, 5.74) is -0.578. The van der Waals surface area contributed by atoms with E-state index in [4.69, 9.17) is 21.4 Å². The van der Waals surface area contributed by atoms with Crippen LogP contribution in [0.2, 0.25) is 4.34 Å². The maximum Gasteiger partial charge on any atom is 0.329 e. The van der Waals surface area contributed by atoms with Crippen LogP contribution in [-0.2, 0) is 9.53 Å². The summed E-state index contributed by atoms with van der Waals surface area (Å²) in [5, 5.41) is 11.5. The molecule has 8 heteroatoms. The molecule has 2 N–H and O–H groups in total. The number of nitrogens with zero attached hydrogens (tertiary/aromatic N) is 1. The van der Waals surface area contributed by atoms with Crippen LogP contribution in [0.25, 0.3) is 0 Å². The predicted molar refractivity (Wildman–Crippen MR) is 79.8 cm³/mol. The molecule has 0 saturated carbocycles. The molecule has 1 saturated heterocycles. The molecular weight excluding hydrogens is 316 g/mol. The third-order valence-corrected chi connectivity index (χ3v) is 4.66. The monoisotopic (exact) mass is 332 g/mol. The second-order valence-corrected chi connectivity index (χ2v) is 7.05. The van der Waals surface area contributed by atoms with Crippen molar-refractivity contribution >= 4 is 34.9 Å². The van der Waals surface area contributed by atoms with Crippen LogP contribution in [0, 0.1) is 0 Å². The second-order valence-electron chi connectivity index (χ2n) is 5.30. The summed E-state index contributed by atoms with van der Waals surface area (Å²) in [7, 11) is 0. The van der Waals surface area contributed by atoms with Gasteiger partial charge in [-0.1, -0.05) is 11.6 Å². The summed E-state index contributed by atoms with van der Waals surface area (Å²) in [6, 6.07) is 3.36. The lowest BCUT2D eigenvalue weighted by Gasteiger charge is -2.47. The Balaban J connectivity index is 1.79. The number of aliphatic carboxylic acids is 1. The first-order valence-electron chi connectivity index (χ1n) is 6.45. The Morgan fingerprint density at radius 3 is 2.76 bits per heavy atom. The van der Waals surface area contributed by atoms with Crippen molar-refractivity contribution in [2.24, 2.45) is 0 Å². The van der Waals surface area contributed by atoms with Gasteiger partial charge in [0.2, 0.25) is 0 Å². The van der Waals surface area contributed by atoms with Gasteiger partial charge in [-0.2, -0.15) is 0 Å². The van der Waals surface area contributed by atoms with Crippen LogP contribution in [0.4, 0.5) is 4.79 Å². The fraction of sp³-hybridized carbons (Fsp3) is 0.538. The summed E-state index contributed by atoms with van der Waals surface area (Å²) in [6.45, 7) is 4.09. The van der Waals surface area contributed by atoms with Gasteiger partial charge in [0.25, 0.3) is 0 Å². The summed E-state index contributed by atoms with van der Waals surface area (Å²) in [4.78, 5) is 25.1. The van der Waals surface area contributed by atoms with Gasteiger partial charge in [0.05, 0.1) is 23.5 Å². The molecule has 0 aliphatic carbocycles. The number of thiophene rings is 1. The van der Waals surface area contributed by atoms with Crippen molar-refractivity contribution < 1.29 is 19.4 Å². The zero-order chi connectivity index (χ0) is 15.6. The van der Waals surface area contributed by atoms with E-state index in [1.54, 1.807) is 17.9 Å². The van der Waals surface area contributed by atoms with Crippen molar-refractivity contribution in [3.8, 4) is 0 Å². The van der Waals surface area contributed by atoms with Crippen LogP contribution in [0.3, 0.4) is 0 Å². The third-order valence-electron chi connectivity index (χ3n) is 3.24. The fourth-order valence-electron chi connectivity index (χ4n) is 2.14. The zero-order valence-electron chi connectivity index (χ0n) is 11.8. The minimum atomic E-state index is -1.01. The molecule has 1 fully saturated rings. The molecule has 1 unspecified atom stereocenters. The van der Waals surface area contributed by atoms with Crippen LogP contribution in [0.1, 0.15) is 24.8 Å². The number of amides is 2. The van der Waals surface area contributed by atoms with Gasteiger partial charge < -0.3 is 20.1 Å². The molecule has 1 aromatic rings. The van der Waals surface area contributed by atoms with E-state index in [9.17, 15) is 9.59 Å². The van der Waals surface area contributed by atoms with Gasteiger partial charge in [-0.25, -0.2) is 9.59 Å². The minimum absolute atomic E-state index is 0.123. The number of carbonyl (C=O) groups excluding carboxylic acids is 1. The molecule has 0 spiro atoms. The SMILES string of the molecule is CC(NC(=O)N1CC(C)(OCC(=O)O)C1)c1ccc(Cl)s1. The number of hydrogen-bond donors (Lipinski definition) is 2. The van der Waals surface area contributed by atoms with Gasteiger partial charge in [-0.05, 0) is 26.0 Å². The first kappa shape index (κ1) is 16.1. The van der Waals surface area contributed by atoms with Crippen molar-refractivity contribution in [3.05, 3.63) is 21.3 Å². The average Bonchev–Trinajstić information content (AvgIpc) is 2.79. The average molecular weight is 333 g/mol. The predicted octanol–water partition coefficient (Wildman–Crippen LogP) is 2.35. The van der Waals surface area contributed by atoms with E-state index in [1.807, 2.05) is 13.0 Å². The quantitative estimate of drug-likeness (QED) is 0.867. The molecular formula is C13H17ClN2O4S. The second kappa shape index (κ2) is 6.21. The Kier molecular flexibility index (Phi) is 4.75. The van der Waals surface area contributed by atoms with Crippen LogP contribution in [-0.4, -0.2) is 47.3 Å². The molecule has 1 aliphatic rings. The van der Waals surface area contributed by atoms with Crippen molar-refractivity contribution in [2.45, 2.75) is 25.5 Å². The summed E-state index contributed by atoms with van der Waals surface area (Å²) >= 11 is 7.30.